The predicted octanol–water partition coefficient (Wildman–Crippen LogP) is 0.971. The molecule has 3 rings (SSSR count). The highest BCUT2D eigenvalue weighted by Crippen LogP contribution is 2.40. The number of nitrogens with two attached hydrogens (primary N) is 1. The van der Waals surface area contributed by atoms with Gasteiger partial charge in [0.25, 0.3) is 5.91 Å². The summed E-state index contributed by atoms with van der Waals surface area (Å²) in [6, 6.07) is 4.41. The van der Waals surface area contributed by atoms with Gasteiger partial charge in [0.2, 0.25) is 15.9 Å². The third-order valence-corrected chi connectivity index (χ3v) is 6.73. The second-order valence-electron chi connectivity index (χ2n) is 7.56. The van der Waals surface area contributed by atoms with Crippen molar-refractivity contribution in [1.82, 2.24) is 9.80 Å². The predicted molar refractivity (Wildman–Crippen MR) is 96.9 cm³/mol. The zero-order valence-corrected chi connectivity index (χ0v) is 16.1. The van der Waals surface area contributed by atoms with Crippen LogP contribution in [0.1, 0.15) is 35.2 Å². The minimum absolute atomic E-state index is 0.0503. The average Bonchev–Trinajstić information content (AvgIpc) is 2.96. The number of carbonyl (C=O) groups excluding carboxylic acids is 2. The zero-order chi connectivity index (χ0) is 19.2. The van der Waals surface area contributed by atoms with Gasteiger partial charge < -0.3 is 9.80 Å². The van der Waals surface area contributed by atoms with Gasteiger partial charge >= 0.3 is 0 Å². The number of aryl methyl sites for hydroxylation is 1. The number of primary sulfonamides is 1. The molecule has 7 nitrogen and oxygen atoms in total. The molecule has 1 saturated carbocycles. The van der Waals surface area contributed by atoms with Crippen LogP contribution in [-0.2, 0) is 14.8 Å². The van der Waals surface area contributed by atoms with Crippen LogP contribution in [-0.4, -0.2) is 56.7 Å². The van der Waals surface area contributed by atoms with E-state index in [2.05, 4.69) is 0 Å². The topological polar surface area (TPSA) is 101 Å². The van der Waals surface area contributed by atoms with Gasteiger partial charge in [-0.15, -0.1) is 0 Å². The van der Waals surface area contributed by atoms with Crippen molar-refractivity contribution < 1.29 is 18.0 Å². The number of piperidine rings is 1. The van der Waals surface area contributed by atoms with Crippen LogP contribution in [0.2, 0.25) is 0 Å². The van der Waals surface area contributed by atoms with Crippen molar-refractivity contribution in [1.29, 1.82) is 0 Å². The molecule has 2 N–H and O–H groups in total. The van der Waals surface area contributed by atoms with Crippen molar-refractivity contribution in [2.45, 2.75) is 37.1 Å². The lowest BCUT2D eigenvalue weighted by atomic mass is 9.88. The number of amides is 2. The van der Waals surface area contributed by atoms with Crippen molar-refractivity contribution >= 4 is 21.8 Å². The molecular formula is C18H25N3O4S. The number of hydrogen-bond donors (Lipinski definition) is 1. The molecule has 1 aromatic rings. The van der Waals surface area contributed by atoms with Crippen LogP contribution < -0.4 is 5.14 Å². The largest absolute Gasteiger partial charge is 0.345 e. The molecule has 0 aromatic heterocycles. The zero-order valence-electron chi connectivity index (χ0n) is 15.3. The Bertz CT molecular complexity index is 852. The molecule has 2 amide bonds. The number of rotatable bonds is 3. The van der Waals surface area contributed by atoms with Crippen LogP contribution in [0.5, 0.6) is 0 Å². The summed E-state index contributed by atoms with van der Waals surface area (Å²) in [5, 5.41) is 5.19. The van der Waals surface area contributed by atoms with Gasteiger partial charge in [0.05, 0.1) is 4.90 Å². The van der Waals surface area contributed by atoms with E-state index in [1.807, 2.05) is 7.05 Å². The Morgan fingerprint density at radius 3 is 2.58 bits per heavy atom. The van der Waals surface area contributed by atoms with Crippen molar-refractivity contribution in [3.8, 4) is 0 Å². The van der Waals surface area contributed by atoms with Crippen LogP contribution in [0.4, 0.5) is 0 Å². The molecule has 1 saturated heterocycles. The number of nitrogens with zero attached hydrogens (tertiary/aromatic N) is 2. The van der Waals surface area contributed by atoms with E-state index in [0.29, 0.717) is 29.4 Å². The number of sulfonamides is 1. The number of benzene rings is 1. The van der Waals surface area contributed by atoms with Crippen molar-refractivity contribution in [2.75, 3.05) is 20.6 Å². The summed E-state index contributed by atoms with van der Waals surface area (Å²) in [4.78, 5) is 28.3. The Balaban J connectivity index is 1.80. The third kappa shape index (κ3) is 3.48. The molecule has 0 unspecified atom stereocenters. The molecule has 3 atom stereocenters. The van der Waals surface area contributed by atoms with Gasteiger partial charge in [0.1, 0.15) is 0 Å². The minimum atomic E-state index is -3.86. The number of fused-ring (bicyclic) bond motifs is 1. The van der Waals surface area contributed by atoms with Gasteiger partial charge in [-0.25, -0.2) is 13.6 Å². The fourth-order valence-corrected chi connectivity index (χ4v) is 4.71. The van der Waals surface area contributed by atoms with E-state index in [0.717, 1.165) is 19.4 Å². The molecule has 1 heterocycles. The molecule has 0 bridgehead atoms. The Hall–Kier alpha value is -1.93. The first-order valence-electron chi connectivity index (χ1n) is 8.72. The molecule has 8 heteroatoms. The van der Waals surface area contributed by atoms with Crippen LogP contribution >= 0.6 is 0 Å². The number of hydrogen-bond acceptors (Lipinski definition) is 4. The molecule has 2 aliphatic rings. The van der Waals surface area contributed by atoms with Gasteiger partial charge in [-0.05, 0) is 49.3 Å². The van der Waals surface area contributed by atoms with E-state index < -0.39 is 10.0 Å². The van der Waals surface area contributed by atoms with Crippen molar-refractivity contribution in [2.24, 2.45) is 17.0 Å². The Kier molecular flexibility index (Phi) is 4.83. The fourth-order valence-electron chi connectivity index (χ4n) is 4.17. The van der Waals surface area contributed by atoms with Crippen LogP contribution in [0, 0.1) is 18.8 Å². The van der Waals surface area contributed by atoms with Crippen molar-refractivity contribution in [3.05, 3.63) is 29.3 Å². The summed E-state index contributed by atoms with van der Waals surface area (Å²) in [6.45, 7) is 2.51. The molecule has 2 fully saturated rings. The van der Waals surface area contributed by atoms with Gasteiger partial charge in [-0.1, -0.05) is 6.07 Å². The first-order chi connectivity index (χ1) is 12.1. The fraction of sp³-hybridized carbons (Fsp3) is 0.556. The first kappa shape index (κ1) is 18.8. The summed E-state index contributed by atoms with van der Waals surface area (Å²) in [6.07, 6.45) is 2.21. The van der Waals surface area contributed by atoms with Crippen LogP contribution in [0.3, 0.4) is 0 Å². The van der Waals surface area contributed by atoms with E-state index in [9.17, 15) is 18.0 Å². The number of likely N-dealkylation sites (tertiary alicyclic amines) is 1. The number of carbonyl (C=O) groups is 2. The van der Waals surface area contributed by atoms with Gasteiger partial charge in [0.15, 0.2) is 0 Å². The molecule has 0 spiro atoms. The summed E-state index contributed by atoms with van der Waals surface area (Å²) in [5.74, 6) is 0.680. The summed E-state index contributed by atoms with van der Waals surface area (Å²) < 4.78 is 23.2. The monoisotopic (exact) mass is 379 g/mol. The van der Waals surface area contributed by atoms with Gasteiger partial charge in [0, 0.05) is 38.7 Å². The molecular weight excluding hydrogens is 354 g/mol. The van der Waals surface area contributed by atoms with E-state index in [1.54, 1.807) is 29.8 Å². The highest BCUT2D eigenvalue weighted by molar-refractivity contribution is 7.89. The summed E-state index contributed by atoms with van der Waals surface area (Å²) in [5.41, 5.74) is 1.06. The molecule has 142 valence electrons. The van der Waals surface area contributed by atoms with E-state index in [-0.39, 0.29) is 22.8 Å². The Labute approximate surface area is 154 Å². The average molecular weight is 379 g/mol. The molecule has 26 heavy (non-hydrogen) atoms. The second kappa shape index (κ2) is 6.66. The van der Waals surface area contributed by atoms with E-state index in [4.69, 9.17) is 5.14 Å². The summed E-state index contributed by atoms with van der Waals surface area (Å²) >= 11 is 0. The standard InChI is InChI=1S/C18H25N3O4S/c1-11-4-5-15(26(19,24)25)9-16(11)18(23)21(3)14-6-12-8-17(22)20(2)10-13(12)7-14/h4-5,9,12-14H,6-8,10H2,1-3H3,(H2,19,24,25)/t12-,13+,14-/m1/s1. The lowest BCUT2D eigenvalue weighted by Gasteiger charge is -2.31. The SMILES string of the molecule is Cc1ccc(S(N)(=O)=O)cc1C(=O)N(C)[C@@H]1C[C@@H]2CC(=O)N(C)C[C@@H]2C1. The maximum absolute atomic E-state index is 13.0. The third-order valence-electron chi connectivity index (χ3n) is 5.82. The van der Waals surface area contributed by atoms with Crippen LogP contribution in [0.25, 0.3) is 0 Å². The highest BCUT2D eigenvalue weighted by Gasteiger charge is 2.42. The maximum Gasteiger partial charge on any atom is 0.254 e. The van der Waals surface area contributed by atoms with E-state index >= 15 is 0 Å². The molecule has 1 aliphatic heterocycles. The quantitative estimate of drug-likeness (QED) is 0.845. The molecule has 1 aromatic carbocycles. The Morgan fingerprint density at radius 1 is 1.27 bits per heavy atom. The minimum Gasteiger partial charge on any atom is -0.345 e. The molecule has 1 aliphatic carbocycles. The molecule has 0 radical (unpaired) electrons. The second-order valence-corrected chi connectivity index (χ2v) is 9.12. The smallest absolute Gasteiger partial charge is 0.254 e. The van der Waals surface area contributed by atoms with Gasteiger partial charge in [-0.3, -0.25) is 9.59 Å². The van der Waals surface area contributed by atoms with Crippen LogP contribution in [0.15, 0.2) is 23.1 Å². The maximum atomic E-state index is 13.0. The Morgan fingerprint density at radius 2 is 1.92 bits per heavy atom. The van der Waals surface area contributed by atoms with E-state index in [1.165, 1.54) is 12.1 Å². The summed E-state index contributed by atoms with van der Waals surface area (Å²) in [7, 11) is -0.292. The lowest BCUT2D eigenvalue weighted by Crippen LogP contribution is -2.40. The van der Waals surface area contributed by atoms with Crippen molar-refractivity contribution in [3.63, 3.8) is 0 Å². The van der Waals surface area contributed by atoms with Gasteiger partial charge in [-0.2, -0.15) is 0 Å². The highest BCUT2D eigenvalue weighted by atomic mass is 32.2. The normalized spacial score (nSPS) is 25.9. The lowest BCUT2D eigenvalue weighted by molar-refractivity contribution is -0.134. The first-order valence-corrected chi connectivity index (χ1v) is 10.3.